The number of hydrogen-bond donors (Lipinski definition) is 1. The predicted octanol–water partition coefficient (Wildman–Crippen LogP) is 3.68. The van der Waals surface area contributed by atoms with Crippen molar-refractivity contribution in [3.8, 4) is 0 Å². The Labute approximate surface area is 125 Å². The number of carbonyl (C=O) groups excluding carboxylic acids is 1. The molecule has 1 N–H and O–H groups in total. The fourth-order valence-electron chi connectivity index (χ4n) is 2.05. The molecule has 0 bridgehead atoms. The molecule has 0 aliphatic carbocycles. The molecule has 2 aromatic rings. The summed E-state index contributed by atoms with van der Waals surface area (Å²) < 4.78 is 0. The molecule has 2 rings (SSSR count). The first-order valence-corrected chi connectivity index (χ1v) is 6.95. The van der Waals surface area contributed by atoms with Crippen molar-refractivity contribution in [3.63, 3.8) is 0 Å². The van der Waals surface area contributed by atoms with E-state index in [1.54, 1.807) is 18.3 Å². The number of nitrogens with zero attached hydrogens (tertiary/aromatic N) is 1. The van der Waals surface area contributed by atoms with Gasteiger partial charge in [0.2, 0.25) is 0 Å². The van der Waals surface area contributed by atoms with Crippen LogP contribution in [0.5, 0.6) is 0 Å². The first kappa shape index (κ1) is 15.0. The lowest BCUT2D eigenvalue weighted by atomic mass is 10.0. The molecule has 108 valence electrons. The van der Waals surface area contributed by atoms with E-state index in [-0.39, 0.29) is 5.91 Å². The lowest BCUT2D eigenvalue weighted by Crippen LogP contribution is -2.17. The number of hydrazone groups is 1. The fourth-order valence-corrected chi connectivity index (χ4v) is 2.05. The van der Waals surface area contributed by atoms with Crippen LogP contribution in [0.2, 0.25) is 0 Å². The van der Waals surface area contributed by atoms with Crippen LogP contribution in [0.25, 0.3) is 0 Å². The molecule has 0 aromatic heterocycles. The number of aryl methyl sites for hydroxylation is 4. The van der Waals surface area contributed by atoms with Gasteiger partial charge in [-0.25, -0.2) is 5.43 Å². The average molecular weight is 280 g/mol. The quantitative estimate of drug-likeness (QED) is 0.676. The molecule has 3 nitrogen and oxygen atoms in total. The third-order valence-electron chi connectivity index (χ3n) is 3.57. The highest BCUT2D eigenvalue weighted by Gasteiger charge is 2.03. The van der Waals surface area contributed by atoms with E-state index in [9.17, 15) is 4.79 Å². The summed E-state index contributed by atoms with van der Waals surface area (Å²) in [5, 5.41) is 4.05. The summed E-state index contributed by atoms with van der Waals surface area (Å²) in [5.41, 5.74) is 8.92. The van der Waals surface area contributed by atoms with Crippen molar-refractivity contribution in [3.05, 3.63) is 69.8 Å². The standard InChI is InChI=1S/C18H20N2O/c1-12-5-7-16(8-6-12)18(21)20-19-11-17-10-14(3)13(2)9-15(17)4/h5-11H,1-4H3,(H,20,21)/b19-11-. The van der Waals surface area contributed by atoms with Crippen LogP contribution < -0.4 is 5.43 Å². The molecule has 2 aromatic carbocycles. The predicted molar refractivity (Wildman–Crippen MR) is 86.9 cm³/mol. The second-order valence-corrected chi connectivity index (χ2v) is 5.36. The maximum Gasteiger partial charge on any atom is 0.271 e. The summed E-state index contributed by atoms with van der Waals surface area (Å²) in [6.45, 7) is 8.18. The van der Waals surface area contributed by atoms with Crippen molar-refractivity contribution in [1.29, 1.82) is 0 Å². The van der Waals surface area contributed by atoms with Gasteiger partial charge in [0, 0.05) is 5.56 Å². The van der Waals surface area contributed by atoms with E-state index in [2.05, 4.69) is 36.5 Å². The molecule has 3 heteroatoms. The normalized spacial score (nSPS) is 10.9. The minimum atomic E-state index is -0.201. The summed E-state index contributed by atoms with van der Waals surface area (Å²) in [4.78, 5) is 11.9. The summed E-state index contributed by atoms with van der Waals surface area (Å²) >= 11 is 0. The lowest BCUT2D eigenvalue weighted by molar-refractivity contribution is 0.0955. The molecular weight excluding hydrogens is 260 g/mol. The van der Waals surface area contributed by atoms with E-state index in [1.165, 1.54) is 11.1 Å². The topological polar surface area (TPSA) is 41.5 Å². The molecular formula is C18H20N2O. The molecule has 0 atom stereocenters. The van der Waals surface area contributed by atoms with E-state index < -0.39 is 0 Å². The van der Waals surface area contributed by atoms with Crippen molar-refractivity contribution < 1.29 is 4.79 Å². The van der Waals surface area contributed by atoms with Crippen LogP contribution in [0.1, 0.15) is 38.2 Å². The number of nitrogens with one attached hydrogen (secondary N) is 1. The van der Waals surface area contributed by atoms with Gasteiger partial charge in [0.25, 0.3) is 5.91 Å². The van der Waals surface area contributed by atoms with Crippen LogP contribution in [0, 0.1) is 27.7 Å². The maximum atomic E-state index is 11.9. The Bertz CT molecular complexity index is 685. The molecule has 0 fully saturated rings. The smallest absolute Gasteiger partial charge is 0.267 e. The van der Waals surface area contributed by atoms with Crippen LogP contribution in [-0.2, 0) is 0 Å². The fraction of sp³-hybridized carbons (Fsp3) is 0.222. The number of hydrogen-bond acceptors (Lipinski definition) is 2. The largest absolute Gasteiger partial charge is 0.271 e. The van der Waals surface area contributed by atoms with Crippen molar-refractivity contribution >= 4 is 12.1 Å². The van der Waals surface area contributed by atoms with Gasteiger partial charge in [0.15, 0.2) is 0 Å². The first-order chi connectivity index (χ1) is 9.97. The van der Waals surface area contributed by atoms with E-state index in [4.69, 9.17) is 0 Å². The molecule has 0 aliphatic heterocycles. The molecule has 0 unspecified atom stereocenters. The van der Waals surface area contributed by atoms with Gasteiger partial charge in [0.1, 0.15) is 0 Å². The lowest BCUT2D eigenvalue weighted by Gasteiger charge is -2.05. The Hall–Kier alpha value is -2.42. The van der Waals surface area contributed by atoms with E-state index >= 15 is 0 Å². The second kappa shape index (κ2) is 6.35. The second-order valence-electron chi connectivity index (χ2n) is 5.36. The summed E-state index contributed by atoms with van der Waals surface area (Å²) in [5.74, 6) is -0.201. The maximum absolute atomic E-state index is 11.9. The molecule has 0 spiro atoms. The van der Waals surface area contributed by atoms with E-state index in [1.807, 2.05) is 26.0 Å². The zero-order valence-corrected chi connectivity index (χ0v) is 12.9. The number of rotatable bonds is 3. The molecule has 0 aliphatic rings. The van der Waals surface area contributed by atoms with Crippen LogP contribution in [0.15, 0.2) is 41.5 Å². The van der Waals surface area contributed by atoms with Gasteiger partial charge in [-0.3, -0.25) is 4.79 Å². The van der Waals surface area contributed by atoms with Crippen molar-refractivity contribution in [2.24, 2.45) is 5.10 Å². The summed E-state index contributed by atoms with van der Waals surface area (Å²) in [6, 6.07) is 11.6. The summed E-state index contributed by atoms with van der Waals surface area (Å²) in [6.07, 6.45) is 1.69. The van der Waals surface area contributed by atoms with Crippen LogP contribution in [0.3, 0.4) is 0 Å². The molecule has 0 saturated heterocycles. The third-order valence-corrected chi connectivity index (χ3v) is 3.57. The van der Waals surface area contributed by atoms with Crippen molar-refractivity contribution in [1.82, 2.24) is 5.43 Å². The Morgan fingerprint density at radius 1 is 0.952 bits per heavy atom. The van der Waals surface area contributed by atoms with Crippen LogP contribution in [-0.4, -0.2) is 12.1 Å². The van der Waals surface area contributed by atoms with Crippen molar-refractivity contribution in [2.45, 2.75) is 27.7 Å². The highest BCUT2D eigenvalue weighted by Crippen LogP contribution is 2.13. The van der Waals surface area contributed by atoms with Gasteiger partial charge in [-0.15, -0.1) is 0 Å². The number of benzene rings is 2. The highest BCUT2D eigenvalue weighted by molar-refractivity contribution is 5.95. The zero-order chi connectivity index (χ0) is 15.4. The number of amides is 1. The summed E-state index contributed by atoms with van der Waals surface area (Å²) in [7, 11) is 0. The number of carbonyl (C=O) groups is 1. The average Bonchev–Trinajstić information content (AvgIpc) is 2.45. The van der Waals surface area contributed by atoms with Gasteiger partial charge in [-0.1, -0.05) is 23.8 Å². The van der Waals surface area contributed by atoms with Gasteiger partial charge in [0.05, 0.1) is 6.21 Å². The highest BCUT2D eigenvalue weighted by atomic mass is 16.2. The van der Waals surface area contributed by atoms with Crippen molar-refractivity contribution in [2.75, 3.05) is 0 Å². The van der Waals surface area contributed by atoms with Gasteiger partial charge < -0.3 is 0 Å². The monoisotopic (exact) mass is 280 g/mol. The van der Waals surface area contributed by atoms with E-state index in [0.717, 1.165) is 16.7 Å². The van der Waals surface area contributed by atoms with Gasteiger partial charge in [-0.2, -0.15) is 5.10 Å². The zero-order valence-electron chi connectivity index (χ0n) is 12.9. The van der Waals surface area contributed by atoms with Gasteiger partial charge >= 0.3 is 0 Å². The minimum Gasteiger partial charge on any atom is -0.267 e. The Balaban J connectivity index is 2.07. The Kier molecular flexibility index (Phi) is 4.53. The van der Waals surface area contributed by atoms with E-state index in [0.29, 0.717) is 5.56 Å². The third kappa shape index (κ3) is 3.78. The minimum absolute atomic E-state index is 0.201. The SMILES string of the molecule is Cc1ccc(C(=O)N/N=C\c2cc(C)c(C)cc2C)cc1. The first-order valence-electron chi connectivity index (χ1n) is 6.95. The molecule has 0 radical (unpaired) electrons. The van der Waals surface area contributed by atoms with Gasteiger partial charge in [-0.05, 0) is 68.1 Å². The molecule has 0 heterocycles. The Morgan fingerprint density at radius 3 is 2.24 bits per heavy atom. The Morgan fingerprint density at radius 2 is 1.57 bits per heavy atom. The molecule has 1 amide bonds. The molecule has 0 saturated carbocycles. The van der Waals surface area contributed by atoms with Crippen LogP contribution in [0.4, 0.5) is 0 Å². The van der Waals surface area contributed by atoms with Crippen LogP contribution >= 0.6 is 0 Å². The molecule has 21 heavy (non-hydrogen) atoms.